The van der Waals surface area contributed by atoms with E-state index in [0.29, 0.717) is 17.0 Å². The fraction of sp³-hybridized carbons (Fsp3) is 0.235. The van der Waals surface area contributed by atoms with Gasteiger partial charge in [-0.25, -0.2) is 18.7 Å². The van der Waals surface area contributed by atoms with Crippen molar-refractivity contribution in [1.82, 2.24) is 15.3 Å². The van der Waals surface area contributed by atoms with E-state index in [1.54, 1.807) is 25.1 Å². The summed E-state index contributed by atoms with van der Waals surface area (Å²) >= 11 is 12.6. The molecule has 4 N–H and O–H groups in total. The first kappa shape index (κ1) is 32.4. The number of nitrogens with zero attached hydrogens (tertiary/aromatic N) is 2. The molecule has 0 aliphatic heterocycles. The maximum Gasteiger partial charge on any atom is 0.251 e. The minimum absolute atomic E-state index is 0.0101. The lowest BCUT2D eigenvalue weighted by atomic mass is 9.87. The van der Waals surface area contributed by atoms with Gasteiger partial charge in [0.15, 0.2) is 11.5 Å². The molecule has 1 atom stereocenters. The molecule has 2 heterocycles. The van der Waals surface area contributed by atoms with Gasteiger partial charge in [-0.05, 0) is 73.9 Å². The number of amides is 2. The number of carbonyl (C=O) groups is 2. The highest BCUT2D eigenvalue weighted by Crippen LogP contribution is 2.43. The summed E-state index contributed by atoms with van der Waals surface area (Å²) in [6.45, 7) is 1.34. The van der Waals surface area contributed by atoms with E-state index in [2.05, 4.69) is 15.3 Å². The molecule has 1 fully saturated rings. The molecule has 3 aromatic carbocycles. The molecule has 242 valence electrons. The number of nitrogens with one attached hydrogen (secondary N) is 1. The van der Waals surface area contributed by atoms with E-state index in [-0.39, 0.29) is 68.4 Å². The Labute approximate surface area is 277 Å². The lowest BCUT2D eigenvalue weighted by Crippen LogP contribution is -2.42. The Bertz CT molecular complexity index is 2030. The van der Waals surface area contributed by atoms with Gasteiger partial charge in [0.05, 0.1) is 35.3 Å². The third-order valence-electron chi connectivity index (χ3n) is 7.82. The zero-order valence-corrected chi connectivity index (χ0v) is 26.5. The number of carbonyl (C=O) groups excluding carboxylic acids is 2. The van der Waals surface area contributed by atoms with E-state index in [1.165, 1.54) is 30.3 Å². The topological polar surface area (TPSA) is 141 Å². The summed E-state index contributed by atoms with van der Waals surface area (Å²) in [6, 6.07) is 13.7. The molecular weight excluding hydrogens is 653 g/mol. The van der Waals surface area contributed by atoms with Gasteiger partial charge in [-0.2, -0.15) is 0 Å². The first-order chi connectivity index (χ1) is 22.5. The SMILES string of the molecule is CCOc1c(CC(N)=O)cc([C@@](O)(CNC(=O)c2ccc3nc(C4CC4)oc3c2)c2cccc(F)c2)nc1-c1ccc(F)c(Cl)c1Cl. The van der Waals surface area contributed by atoms with Gasteiger partial charge in [-0.1, -0.05) is 35.3 Å². The van der Waals surface area contributed by atoms with Gasteiger partial charge >= 0.3 is 0 Å². The first-order valence-electron chi connectivity index (χ1n) is 14.7. The number of halogens is 4. The number of ether oxygens (including phenoxy) is 1. The van der Waals surface area contributed by atoms with Gasteiger partial charge in [0.2, 0.25) is 5.91 Å². The van der Waals surface area contributed by atoms with Gasteiger partial charge in [-0.3, -0.25) is 9.59 Å². The first-order valence-corrected chi connectivity index (χ1v) is 15.5. The van der Waals surface area contributed by atoms with Gasteiger partial charge < -0.3 is 25.3 Å². The van der Waals surface area contributed by atoms with Crippen molar-refractivity contribution in [2.75, 3.05) is 13.2 Å². The smallest absolute Gasteiger partial charge is 0.251 e. The van der Waals surface area contributed by atoms with Crippen LogP contribution in [0.5, 0.6) is 5.75 Å². The number of aromatic nitrogens is 2. The van der Waals surface area contributed by atoms with Gasteiger partial charge in [-0.15, -0.1) is 0 Å². The molecule has 6 rings (SSSR count). The van der Waals surface area contributed by atoms with E-state index in [1.807, 2.05) is 0 Å². The number of rotatable bonds is 11. The lowest BCUT2D eigenvalue weighted by Gasteiger charge is -2.30. The zero-order valence-electron chi connectivity index (χ0n) is 25.0. The third kappa shape index (κ3) is 6.51. The van der Waals surface area contributed by atoms with Crippen molar-refractivity contribution in [3.63, 3.8) is 0 Å². The molecule has 0 radical (unpaired) electrons. The summed E-state index contributed by atoms with van der Waals surface area (Å²) in [4.78, 5) is 34.8. The van der Waals surface area contributed by atoms with Crippen LogP contribution in [0, 0.1) is 11.6 Å². The summed E-state index contributed by atoms with van der Waals surface area (Å²) in [7, 11) is 0. The van der Waals surface area contributed by atoms with Crippen molar-refractivity contribution < 1.29 is 32.6 Å². The van der Waals surface area contributed by atoms with Crippen LogP contribution in [0.25, 0.3) is 22.4 Å². The number of fused-ring (bicyclic) bond motifs is 1. The highest BCUT2D eigenvalue weighted by molar-refractivity contribution is 6.43. The van der Waals surface area contributed by atoms with Crippen LogP contribution < -0.4 is 15.8 Å². The summed E-state index contributed by atoms with van der Waals surface area (Å²) in [5, 5.41) is 14.5. The van der Waals surface area contributed by atoms with E-state index >= 15 is 0 Å². The molecular formula is C34H28Cl2F2N4O5. The van der Waals surface area contributed by atoms with Crippen LogP contribution in [0.3, 0.4) is 0 Å². The van der Waals surface area contributed by atoms with E-state index in [9.17, 15) is 23.5 Å². The maximum absolute atomic E-state index is 14.6. The van der Waals surface area contributed by atoms with Crippen molar-refractivity contribution in [1.29, 1.82) is 0 Å². The predicted octanol–water partition coefficient (Wildman–Crippen LogP) is 6.44. The number of primary amides is 1. The highest BCUT2D eigenvalue weighted by Gasteiger charge is 2.37. The average molecular weight is 682 g/mol. The Hall–Kier alpha value is -4.58. The number of pyridine rings is 1. The molecule has 0 unspecified atom stereocenters. The Morgan fingerprint density at radius 3 is 2.57 bits per heavy atom. The van der Waals surface area contributed by atoms with Crippen molar-refractivity contribution in [2.45, 2.75) is 37.7 Å². The summed E-state index contributed by atoms with van der Waals surface area (Å²) in [5.41, 5.74) is 4.96. The van der Waals surface area contributed by atoms with Crippen molar-refractivity contribution in [3.05, 3.63) is 111 Å². The minimum Gasteiger partial charge on any atom is -0.491 e. The molecule has 0 spiro atoms. The number of nitrogens with two attached hydrogens (primary N) is 1. The van der Waals surface area contributed by atoms with Crippen LogP contribution in [0.15, 0.2) is 65.1 Å². The van der Waals surface area contributed by atoms with Gasteiger partial charge in [0.1, 0.15) is 34.2 Å². The second-order valence-corrected chi connectivity index (χ2v) is 12.0. The predicted molar refractivity (Wildman–Crippen MR) is 171 cm³/mol. The molecule has 0 saturated heterocycles. The fourth-order valence-electron chi connectivity index (χ4n) is 5.30. The standard InChI is InChI=1S/C34H28Cl2F2N4O5/c1-2-46-31-19(14-27(39)43)13-26(42-30(31)22-9-10-23(38)29(36)28(22)35)34(45,20-4-3-5-21(37)15-20)16-40-32(44)18-8-11-24-25(12-18)47-33(41-24)17-6-7-17/h3-5,8-13,15,17,45H,2,6-7,14,16H2,1H3,(H2,39,43)(H,40,44)/t34-/m1/s1. The molecule has 1 aliphatic rings. The summed E-state index contributed by atoms with van der Waals surface area (Å²) in [6.07, 6.45) is 1.65. The molecule has 1 aliphatic carbocycles. The molecule has 13 heteroatoms. The third-order valence-corrected chi connectivity index (χ3v) is 8.68. The largest absolute Gasteiger partial charge is 0.491 e. The Balaban J connectivity index is 1.46. The number of oxazole rings is 1. The second-order valence-electron chi connectivity index (χ2n) is 11.2. The number of hydrogen-bond donors (Lipinski definition) is 3. The summed E-state index contributed by atoms with van der Waals surface area (Å²) in [5.74, 6) is -1.73. The number of aliphatic hydroxyl groups is 1. The molecule has 47 heavy (non-hydrogen) atoms. The molecule has 2 aromatic heterocycles. The number of benzene rings is 3. The van der Waals surface area contributed by atoms with Crippen LogP contribution in [0.1, 0.15) is 58.8 Å². The van der Waals surface area contributed by atoms with E-state index in [4.69, 9.17) is 38.1 Å². The molecule has 9 nitrogen and oxygen atoms in total. The minimum atomic E-state index is -2.19. The number of hydrogen-bond acceptors (Lipinski definition) is 7. The Morgan fingerprint density at radius 2 is 1.87 bits per heavy atom. The Morgan fingerprint density at radius 1 is 1.09 bits per heavy atom. The zero-order chi connectivity index (χ0) is 33.5. The van der Waals surface area contributed by atoms with Gasteiger partial charge in [0.25, 0.3) is 5.91 Å². The van der Waals surface area contributed by atoms with Crippen LogP contribution in [-0.4, -0.2) is 40.0 Å². The Kier molecular flexibility index (Phi) is 8.88. The molecule has 1 saturated carbocycles. The highest BCUT2D eigenvalue weighted by atomic mass is 35.5. The average Bonchev–Trinajstić information content (AvgIpc) is 3.81. The molecule has 5 aromatic rings. The normalized spacial score (nSPS) is 14.2. The maximum atomic E-state index is 14.6. The van der Waals surface area contributed by atoms with E-state index < -0.39 is 35.6 Å². The van der Waals surface area contributed by atoms with Crippen LogP contribution in [0.2, 0.25) is 10.0 Å². The van der Waals surface area contributed by atoms with Crippen LogP contribution >= 0.6 is 23.2 Å². The van der Waals surface area contributed by atoms with Crippen molar-refractivity contribution >= 4 is 46.1 Å². The monoisotopic (exact) mass is 680 g/mol. The molecule has 0 bridgehead atoms. The summed E-state index contributed by atoms with van der Waals surface area (Å²) < 4.78 is 40.6. The van der Waals surface area contributed by atoms with Crippen LogP contribution in [-0.2, 0) is 16.8 Å². The fourth-order valence-corrected chi connectivity index (χ4v) is 5.71. The van der Waals surface area contributed by atoms with Crippen LogP contribution in [0.4, 0.5) is 8.78 Å². The van der Waals surface area contributed by atoms with Gasteiger partial charge in [0, 0.05) is 22.6 Å². The quantitative estimate of drug-likeness (QED) is 0.136. The van der Waals surface area contributed by atoms with Crippen molar-refractivity contribution in [3.8, 4) is 17.0 Å². The van der Waals surface area contributed by atoms with Crippen molar-refractivity contribution in [2.24, 2.45) is 5.73 Å². The second kappa shape index (κ2) is 12.9. The molecule has 2 amide bonds. The lowest BCUT2D eigenvalue weighted by molar-refractivity contribution is -0.117. The van der Waals surface area contributed by atoms with E-state index in [0.717, 1.165) is 25.0 Å².